The molecule has 2 aromatic carbocycles. The number of amides is 2. The van der Waals surface area contributed by atoms with Crippen LogP contribution < -0.4 is 5.32 Å². The lowest BCUT2D eigenvalue weighted by Gasteiger charge is -2.22. The molecule has 0 bridgehead atoms. The largest absolute Gasteiger partial charge is 0.386 e. The van der Waals surface area contributed by atoms with Crippen molar-refractivity contribution >= 4 is 62.4 Å². The van der Waals surface area contributed by atoms with E-state index in [9.17, 15) is 18.0 Å². The topological polar surface area (TPSA) is 125 Å². The van der Waals surface area contributed by atoms with Crippen molar-refractivity contribution in [3.05, 3.63) is 68.2 Å². The summed E-state index contributed by atoms with van der Waals surface area (Å²) in [5.74, 6) is -2.48. The van der Waals surface area contributed by atoms with Crippen molar-refractivity contribution in [2.24, 2.45) is 5.16 Å². The fourth-order valence-corrected chi connectivity index (χ4v) is 3.95. The van der Waals surface area contributed by atoms with Gasteiger partial charge in [0.05, 0.1) is 22.3 Å². The average Bonchev–Trinajstić information content (AvgIpc) is 2.76. The molecule has 0 saturated carbocycles. The molecule has 2 amide bonds. The second-order valence-electron chi connectivity index (χ2n) is 7.76. The second-order valence-corrected chi connectivity index (χ2v) is 10.5. The minimum absolute atomic E-state index is 0.0262. The summed E-state index contributed by atoms with van der Waals surface area (Å²) in [6.07, 6.45) is 0. The molecule has 1 atom stereocenters. The Balaban J connectivity index is 2.24. The maximum absolute atomic E-state index is 13.0. The Morgan fingerprint density at radius 2 is 1.83 bits per heavy atom. The molecule has 1 unspecified atom stereocenters. The van der Waals surface area contributed by atoms with Crippen LogP contribution in [0.25, 0.3) is 0 Å². The average molecular weight is 565 g/mol. The molecule has 0 aliphatic rings. The third kappa shape index (κ3) is 9.30. The number of rotatable bonds is 10. The summed E-state index contributed by atoms with van der Waals surface area (Å²) < 4.78 is 30.3. The first-order chi connectivity index (χ1) is 16.3. The maximum Gasteiger partial charge on any atom is 0.283 e. The lowest BCUT2D eigenvalue weighted by Crippen LogP contribution is -2.35. The van der Waals surface area contributed by atoms with Crippen LogP contribution in [-0.4, -0.2) is 61.5 Å². The smallest absolute Gasteiger partial charge is 0.283 e. The van der Waals surface area contributed by atoms with Crippen LogP contribution in [0.15, 0.2) is 41.6 Å². The van der Waals surface area contributed by atoms with Crippen molar-refractivity contribution in [2.75, 3.05) is 26.1 Å². The molecular weight excluding hydrogens is 541 g/mol. The van der Waals surface area contributed by atoms with Crippen LogP contribution >= 0.6 is 34.8 Å². The summed E-state index contributed by atoms with van der Waals surface area (Å²) in [5, 5.41) is 7.15. The highest BCUT2D eigenvalue weighted by Gasteiger charge is 2.21. The molecule has 2 N–H and O–H groups in total. The number of oxime groups is 1. The van der Waals surface area contributed by atoms with Gasteiger partial charge in [-0.2, -0.15) is 8.42 Å². The second kappa shape index (κ2) is 12.5. The van der Waals surface area contributed by atoms with Gasteiger partial charge in [0.15, 0.2) is 6.61 Å². The van der Waals surface area contributed by atoms with Crippen molar-refractivity contribution in [3.63, 3.8) is 0 Å². The van der Waals surface area contributed by atoms with E-state index < -0.39 is 34.4 Å². The van der Waals surface area contributed by atoms with Crippen LogP contribution in [0.4, 0.5) is 0 Å². The van der Waals surface area contributed by atoms with Gasteiger partial charge in [-0.15, -0.1) is 0 Å². The quantitative estimate of drug-likeness (QED) is 0.254. The predicted molar refractivity (Wildman–Crippen MR) is 136 cm³/mol. The number of aryl methyl sites for hydroxylation is 1. The van der Waals surface area contributed by atoms with Crippen LogP contribution in [0, 0.1) is 6.92 Å². The Hall–Kier alpha value is -2.37. The predicted octanol–water partition coefficient (Wildman–Crippen LogP) is 4.17. The number of hydrogen-bond acceptors (Lipinski definition) is 6. The highest BCUT2D eigenvalue weighted by atomic mass is 35.5. The SMILES string of the molecule is Cc1cc(Cl)cc(C(=O)N(C)C/C(=N/OCC(=O)NCS(=O)(=O)O)C(C)c2ccc(Cl)c(Cl)c2)c1. The van der Waals surface area contributed by atoms with Gasteiger partial charge in [-0.3, -0.25) is 14.1 Å². The number of nitrogens with one attached hydrogen (secondary N) is 1. The molecule has 0 spiro atoms. The maximum atomic E-state index is 13.0. The Labute approximate surface area is 218 Å². The number of carbonyl (C=O) groups excluding carboxylic acids is 2. The molecule has 2 aromatic rings. The number of halogens is 3. The van der Waals surface area contributed by atoms with E-state index in [-0.39, 0.29) is 12.5 Å². The van der Waals surface area contributed by atoms with E-state index in [1.165, 1.54) is 4.90 Å². The molecule has 0 aromatic heterocycles. The number of carbonyl (C=O) groups is 2. The zero-order chi connectivity index (χ0) is 26.3. The summed E-state index contributed by atoms with van der Waals surface area (Å²) in [5.41, 5.74) is 2.33. The minimum atomic E-state index is -4.38. The van der Waals surface area contributed by atoms with Crippen molar-refractivity contribution in [3.8, 4) is 0 Å². The molecule has 190 valence electrons. The van der Waals surface area contributed by atoms with Crippen LogP contribution in [-0.2, 0) is 19.8 Å². The van der Waals surface area contributed by atoms with Gasteiger partial charge in [0.2, 0.25) is 0 Å². The van der Waals surface area contributed by atoms with E-state index in [1.54, 1.807) is 43.4 Å². The molecular formula is C22H24Cl3N3O6S. The number of benzene rings is 2. The standard InChI is InChI=1S/C22H24Cl3N3O6S/c1-13-6-16(8-17(23)7-13)22(30)28(3)10-20(14(2)15-4-5-18(24)19(25)9-15)27-34-11-21(29)26-12-35(31,32)33/h4-9,14H,10-12H2,1-3H3,(H,26,29)(H,31,32,33)/b27-20-. The lowest BCUT2D eigenvalue weighted by molar-refractivity contribution is -0.125. The Morgan fingerprint density at radius 1 is 1.14 bits per heavy atom. The Bertz CT molecular complexity index is 1220. The van der Waals surface area contributed by atoms with Gasteiger partial charge in [-0.1, -0.05) is 52.9 Å². The zero-order valence-corrected chi connectivity index (χ0v) is 22.2. The molecule has 35 heavy (non-hydrogen) atoms. The molecule has 0 aliphatic heterocycles. The fraction of sp³-hybridized carbons (Fsp3) is 0.318. The lowest BCUT2D eigenvalue weighted by atomic mass is 9.95. The molecule has 2 rings (SSSR count). The first-order valence-corrected chi connectivity index (χ1v) is 12.9. The summed E-state index contributed by atoms with van der Waals surface area (Å²) >= 11 is 18.2. The summed E-state index contributed by atoms with van der Waals surface area (Å²) in [7, 11) is -2.80. The van der Waals surface area contributed by atoms with Gasteiger partial charge >= 0.3 is 0 Å². The van der Waals surface area contributed by atoms with Crippen molar-refractivity contribution in [1.29, 1.82) is 0 Å². The summed E-state index contributed by atoms with van der Waals surface area (Å²) in [4.78, 5) is 31.3. The van der Waals surface area contributed by atoms with E-state index in [1.807, 2.05) is 19.2 Å². The van der Waals surface area contributed by atoms with Crippen LogP contribution in [0.3, 0.4) is 0 Å². The Morgan fingerprint density at radius 3 is 2.43 bits per heavy atom. The fourth-order valence-electron chi connectivity index (χ4n) is 3.01. The summed E-state index contributed by atoms with van der Waals surface area (Å²) in [6, 6.07) is 10.0. The van der Waals surface area contributed by atoms with Gasteiger partial charge in [0, 0.05) is 23.6 Å². The van der Waals surface area contributed by atoms with E-state index in [4.69, 9.17) is 44.2 Å². The number of nitrogens with zero attached hydrogens (tertiary/aromatic N) is 2. The molecule has 13 heteroatoms. The molecule has 9 nitrogen and oxygen atoms in total. The zero-order valence-electron chi connectivity index (χ0n) is 19.1. The van der Waals surface area contributed by atoms with Crippen LogP contribution in [0.2, 0.25) is 15.1 Å². The van der Waals surface area contributed by atoms with Crippen molar-refractivity contribution in [1.82, 2.24) is 10.2 Å². The van der Waals surface area contributed by atoms with Gasteiger partial charge in [-0.05, 0) is 48.4 Å². The van der Waals surface area contributed by atoms with E-state index >= 15 is 0 Å². The van der Waals surface area contributed by atoms with Crippen LogP contribution in [0.5, 0.6) is 0 Å². The van der Waals surface area contributed by atoms with Crippen molar-refractivity contribution < 1.29 is 27.4 Å². The van der Waals surface area contributed by atoms with Gasteiger partial charge in [0.1, 0.15) is 5.88 Å². The van der Waals surface area contributed by atoms with E-state index in [2.05, 4.69) is 5.16 Å². The third-order valence-corrected chi connectivity index (χ3v) is 6.27. The highest BCUT2D eigenvalue weighted by molar-refractivity contribution is 7.85. The third-order valence-electron chi connectivity index (χ3n) is 4.81. The van der Waals surface area contributed by atoms with Gasteiger partial charge < -0.3 is 15.1 Å². The highest BCUT2D eigenvalue weighted by Crippen LogP contribution is 2.27. The molecule has 0 radical (unpaired) electrons. The monoisotopic (exact) mass is 563 g/mol. The van der Waals surface area contributed by atoms with Crippen LogP contribution in [0.1, 0.15) is 34.3 Å². The minimum Gasteiger partial charge on any atom is -0.386 e. The Kier molecular flexibility index (Phi) is 10.3. The molecule has 0 fully saturated rings. The van der Waals surface area contributed by atoms with E-state index in [0.29, 0.717) is 26.3 Å². The normalized spacial score (nSPS) is 12.7. The first kappa shape index (κ1) is 28.9. The first-order valence-electron chi connectivity index (χ1n) is 10.1. The van der Waals surface area contributed by atoms with Crippen molar-refractivity contribution in [2.45, 2.75) is 19.8 Å². The van der Waals surface area contributed by atoms with Gasteiger partial charge in [0.25, 0.3) is 21.9 Å². The molecule has 0 saturated heterocycles. The van der Waals surface area contributed by atoms with Gasteiger partial charge in [-0.25, -0.2) is 0 Å². The molecule has 0 heterocycles. The summed E-state index contributed by atoms with van der Waals surface area (Å²) in [6.45, 7) is 3.04. The van der Waals surface area contributed by atoms with E-state index in [0.717, 1.165) is 11.1 Å². The number of hydrogen-bond donors (Lipinski definition) is 2. The molecule has 0 aliphatic carbocycles.